The summed E-state index contributed by atoms with van der Waals surface area (Å²) >= 11 is 8.61. The van der Waals surface area contributed by atoms with E-state index in [1.54, 1.807) is 12.1 Å². The van der Waals surface area contributed by atoms with Gasteiger partial charge in [0.1, 0.15) is 5.82 Å². The molecule has 0 bridgehead atoms. The second-order valence-corrected chi connectivity index (χ2v) is 3.90. The molecule has 0 radical (unpaired) electrons. The lowest BCUT2D eigenvalue weighted by atomic mass is 10.2. The minimum absolute atomic E-state index is 0.186. The van der Waals surface area contributed by atoms with Gasteiger partial charge in [-0.05, 0) is 34.1 Å². The van der Waals surface area contributed by atoms with Gasteiger partial charge in [0.25, 0.3) is 5.89 Å². The van der Waals surface area contributed by atoms with E-state index in [-0.39, 0.29) is 11.7 Å². The molecule has 1 aromatic carbocycles. The van der Waals surface area contributed by atoms with Crippen LogP contribution in [0.4, 0.5) is 4.39 Å². The number of hydrogen-bond donors (Lipinski definition) is 0. The van der Waals surface area contributed by atoms with Crippen LogP contribution in [-0.2, 0) is 5.88 Å². The van der Waals surface area contributed by atoms with Crippen LogP contribution in [0.2, 0.25) is 0 Å². The van der Waals surface area contributed by atoms with E-state index in [2.05, 4.69) is 26.1 Å². The van der Waals surface area contributed by atoms with Gasteiger partial charge in [-0.2, -0.15) is 4.98 Å². The highest BCUT2D eigenvalue weighted by Crippen LogP contribution is 2.24. The molecule has 0 fully saturated rings. The van der Waals surface area contributed by atoms with Crippen molar-refractivity contribution in [2.24, 2.45) is 0 Å². The lowest BCUT2D eigenvalue weighted by Crippen LogP contribution is -1.83. The molecule has 0 saturated carbocycles. The van der Waals surface area contributed by atoms with Gasteiger partial charge in [-0.3, -0.25) is 0 Å². The fraction of sp³-hybridized carbons (Fsp3) is 0.111. The van der Waals surface area contributed by atoms with Crippen LogP contribution in [0.3, 0.4) is 0 Å². The third-order valence-corrected chi connectivity index (χ3v) is 2.60. The predicted octanol–water partition coefficient (Wildman–Crippen LogP) is 3.38. The maximum absolute atomic E-state index is 13.0. The summed E-state index contributed by atoms with van der Waals surface area (Å²) in [6, 6.07) is 4.45. The van der Waals surface area contributed by atoms with E-state index >= 15 is 0 Å². The van der Waals surface area contributed by atoms with Crippen LogP contribution >= 0.6 is 27.5 Å². The quantitative estimate of drug-likeness (QED) is 0.796. The number of aromatic nitrogens is 2. The van der Waals surface area contributed by atoms with E-state index in [1.165, 1.54) is 6.07 Å². The Kier molecular flexibility index (Phi) is 3.02. The zero-order chi connectivity index (χ0) is 10.8. The average molecular weight is 292 g/mol. The summed E-state index contributed by atoms with van der Waals surface area (Å²) in [6.07, 6.45) is 0. The molecule has 78 valence electrons. The SMILES string of the molecule is Fc1ccc(-c2nc(CCl)no2)cc1Br. The Balaban J connectivity index is 2.40. The monoisotopic (exact) mass is 290 g/mol. The normalized spacial score (nSPS) is 10.6. The van der Waals surface area contributed by atoms with Crippen LogP contribution in [0.5, 0.6) is 0 Å². The van der Waals surface area contributed by atoms with E-state index in [1.807, 2.05) is 0 Å². The van der Waals surface area contributed by atoms with Gasteiger partial charge < -0.3 is 4.52 Å². The maximum atomic E-state index is 13.0. The smallest absolute Gasteiger partial charge is 0.258 e. The fourth-order valence-electron chi connectivity index (χ4n) is 1.05. The molecule has 6 heteroatoms. The molecule has 2 aromatic rings. The van der Waals surface area contributed by atoms with Crippen molar-refractivity contribution in [1.82, 2.24) is 10.1 Å². The minimum atomic E-state index is -0.337. The first kappa shape index (κ1) is 10.6. The van der Waals surface area contributed by atoms with E-state index < -0.39 is 0 Å². The molecule has 1 heterocycles. The predicted molar refractivity (Wildman–Crippen MR) is 56.9 cm³/mol. The summed E-state index contributed by atoms with van der Waals surface area (Å²) in [5, 5.41) is 3.64. The first-order chi connectivity index (χ1) is 7.20. The topological polar surface area (TPSA) is 38.9 Å². The molecular weight excluding hydrogens is 286 g/mol. The van der Waals surface area contributed by atoms with Gasteiger partial charge >= 0.3 is 0 Å². The van der Waals surface area contributed by atoms with Gasteiger partial charge in [-0.25, -0.2) is 4.39 Å². The molecule has 2 rings (SSSR count). The summed E-state index contributed by atoms with van der Waals surface area (Å²) in [7, 11) is 0. The van der Waals surface area contributed by atoms with Crippen LogP contribution in [0.25, 0.3) is 11.5 Å². The molecule has 0 amide bonds. The molecule has 0 aliphatic carbocycles. The fourth-order valence-corrected chi connectivity index (χ4v) is 1.54. The minimum Gasteiger partial charge on any atom is -0.334 e. The highest BCUT2D eigenvalue weighted by Gasteiger charge is 2.09. The number of hydrogen-bond acceptors (Lipinski definition) is 3. The Morgan fingerprint density at radius 1 is 1.47 bits per heavy atom. The number of rotatable bonds is 2. The van der Waals surface area contributed by atoms with Crippen molar-refractivity contribution in [1.29, 1.82) is 0 Å². The summed E-state index contributed by atoms with van der Waals surface area (Å²) in [5.41, 5.74) is 0.646. The first-order valence-corrected chi connectivity index (χ1v) is 5.37. The zero-order valence-electron chi connectivity index (χ0n) is 7.38. The lowest BCUT2D eigenvalue weighted by Gasteiger charge is -1.96. The maximum Gasteiger partial charge on any atom is 0.258 e. The molecular formula is C9H5BrClFN2O. The summed E-state index contributed by atoms with van der Waals surface area (Å²) in [4.78, 5) is 4.02. The number of nitrogens with zero attached hydrogens (tertiary/aromatic N) is 2. The Bertz CT molecular complexity index is 489. The van der Waals surface area contributed by atoms with Crippen LogP contribution < -0.4 is 0 Å². The van der Waals surface area contributed by atoms with Crippen LogP contribution in [0.15, 0.2) is 27.2 Å². The van der Waals surface area contributed by atoms with Crippen molar-refractivity contribution >= 4 is 27.5 Å². The summed E-state index contributed by atoms with van der Waals surface area (Å²) < 4.78 is 18.3. The molecule has 0 aliphatic rings. The third kappa shape index (κ3) is 2.18. The van der Waals surface area contributed by atoms with Crippen LogP contribution in [-0.4, -0.2) is 10.1 Å². The number of benzene rings is 1. The molecule has 15 heavy (non-hydrogen) atoms. The Labute approximate surface area is 98.4 Å². The summed E-state index contributed by atoms with van der Waals surface area (Å²) in [5.74, 6) is 0.584. The van der Waals surface area contributed by atoms with Crippen molar-refractivity contribution in [3.8, 4) is 11.5 Å². The molecule has 0 spiro atoms. The van der Waals surface area contributed by atoms with Gasteiger partial charge in [-0.1, -0.05) is 5.16 Å². The van der Waals surface area contributed by atoms with E-state index in [0.717, 1.165) is 0 Å². The molecule has 1 aromatic heterocycles. The molecule has 0 aliphatic heterocycles. The Morgan fingerprint density at radius 2 is 2.27 bits per heavy atom. The van der Waals surface area contributed by atoms with Crippen LogP contribution in [0.1, 0.15) is 5.82 Å². The third-order valence-electron chi connectivity index (χ3n) is 1.75. The second-order valence-electron chi connectivity index (χ2n) is 2.78. The lowest BCUT2D eigenvalue weighted by molar-refractivity contribution is 0.425. The standard InChI is InChI=1S/C9H5BrClFN2O/c10-6-3-5(1-2-7(6)12)9-13-8(4-11)14-15-9/h1-3H,4H2. The number of halogens is 3. The molecule has 3 nitrogen and oxygen atoms in total. The van der Waals surface area contributed by atoms with Gasteiger partial charge in [0, 0.05) is 5.56 Å². The van der Waals surface area contributed by atoms with E-state index in [0.29, 0.717) is 21.8 Å². The Hall–Kier alpha value is -0.940. The highest BCUT2D eigenvalue weighted by atomic mass is 79.9. The second kappa shape index (κ2) is 4.28. The van der Waals surface area contributed by atoms with Crippen molar-refractivity contribution in [2.75, 3.05) is 0 Å². The molecule has 0 atom stereocenters. The molecule has 0 saturated heterocycles. The van der Waals surface area contributed by atoms with Gasteiger partial charge in [0.2, 0.25) is 0 Å². The van der Waals surface area contributed by atoms with Gasteiger partial charge in [0.15, 0.2) is 5.82 Å². The van der Waals surface area contributed by atoms with E-state index in [4.69, 9.17) is 16.1 Å². The largest absolute Gasteiger partial charge is 0.334 e. The van der Waals surface area contributed by atoms with Crippen LogP contribution in [0, 0.1) is 5.82 Å². The van der Waals surface area contributed by atoms with Crippen molar-refractivity contribution in [3.63, 3.8) is 0 Å². The Morgan fingerprint density at radius 3 is 2.87 bits per heavy atom. The first-order valence-electron chi connectivity index (χ1n) is 4.04. The van der Waals surface area contributed by atoms with Crippen molar-refractivity contribution < 1.29 is 8.91 Å². The van der Waals surface area contributed by atoms with Gasteiger partial charge in [-0.15, -0.1) is 11.6 Å². The summed E-state index contributed by atoms with van der Waals surface area (Å²) in [6.45, 7) is 0. The zero-order valence-corrected chi connectivity index (χ0v) is 9.72. The van der Waals surface area contributed by atoms with E-state index in [9.17, 15) is 4.39 Å². The highest BCUT2D eigenvalue weighted by molar-refractivity contribution is 9.10. The number of alkyl halides is 1. The van der Waals surface area contributed by atoms with Gasteiger partial charge in [0.05, 0.1) is 10.4 Å². The average Bonchev–Trinajstić information content (AvgIpc) is 2.70. The van der Waals surface area contributed by atoms with Crippen molar-refractivity contribution in [2.45, 2.75) is 5.88 Å². The molecule has 0 unspecified atom stereocenters. The van der Waals surface area contributed by atoms with Crippen molar-refractivity contribution in [3.05, 3.63) is 34.3 Å². The molecule has 0 N–H and O–H groups in total.